The number of amides is 3. The number of aryl methyl sites for hydroxylation is 1. The van der Waals surface area contributed by atoms with E-state index in [4.69, 9.17) is 4.42 Å². The number of hydrogen-bond donors (Lipinski definition) is 1. The van der Waals surface area contributed by atoms with Gasteiger partial charge in [0.05, 0.1) is 12.2 Å². The number of nitrogens with one attached hydrogen (secondary N) is 1. The molecule has 3 heterocycles. The van der Waals surface area contributed by atoms with Crippen LogP contribution in [0.4, 0.5) is 0 Å². The fourth-order valence-electron chi connectivity index (χ4n) is 5.38. The Bertz CT molecular complexity index is 959. The first-order chi connectivity index (χ1) is 15.5. The number of carbonyl (C=O) groups excluding carboxylic acids is 3. The van der Waals surface area contributed by atoms with E-state index in [0.29, 0.717) is 31.6 Å². The summed E-state index contributed by atoms with van der Waals surface area (Å²) in [4.78, 5) is 43.9. The molecule has 0 bridgehead atoms. The molecule has 2 aromatic rings. The minimum absolute atomic E-state index is 0.0778. The Labute approximate surface area is 188 Å². The lowest BCUT2D eigenvalue weighted by Crippen LogP contribution is -2.57. The summed E-state index contributed by atoms with van der Waals surface area (Å²) in [5, 5.41) is 2.74. The van der Waals surface area contributed by atoms with E-state index in [1.165, 1.54) is 0 Å². The number of furan rings is 1. The van der Waals surface area contributed by atoms with E-state index in [1.807, 2.05) is 30.3 Å². The minimum atomic E-state index is -1.03. The molecule has 0 aliphatic carbocycles. The lowest BCUT2D eigenvalue weighted by atomic mass is 9.85. The predicted octanol–water partition coefficient (Wildman–Crippen LogP) is 2.93. The molecule has 1 spiro atoms. The van der Waals surface area contributed by atoms with Crippen LogP contribution in [0.1, 0.15) is 49.5 Å². The van der Waals surface area contributed by atoms with E-state index in [2.05, 4.69) is 5.32 Å². The Morgan fingerprint density at radius 3 is 2.62 bits per heavy atom. The van der Waals surface area contributed by atoms with Gasteiger partial charge >= 0.3 is 0 Å². The monoisotopic (exact) mass is 437 g/mol. The summed E-state index contributed by atoms with van der Waals surface area (Å²) in [6, 6.07) is 12.8. The van der Waals surface area contributed by atoms with Crippen LogP contribution < -0.4 is 5.32 Å². The first-order valence-electron chi connectivity index (χ1n) is 11.3. The zero-order valence-electron chi connectivity index (χ0n) is 18.8. The van der Waals surface area contributed by atoms with Gasteiger partial charge in [0, 0.05) is 27.1 Å². The Morgan fingerprint density at radius 1 is 1.16 bits per heavy atom. The molecule has 2 aliphatic rings. The van der Waals surface area contributed by atoms with Crippen LogP contribution >= 0.6 is 0 Å². The molecule has 3 amide bonds. The van der Waals surface area contributed by atoms with Gasteiger partial charge in [-0.1, -0.05) is 30.3 Å². The highest BCUT2D eigenvalue weighted by atomic mass is 16.3. The van der Waals surface area contributed by atoms with Gasteiger partial charge in [0.1, 0.15) is 17.3 Å². The smallest absolute Gasteiger partial charge is 0.248 e. The van der Waals surface area contributed by atoms with Crippen LogP contribution in [0.25, 0.3) is 0 Å². The third-order valence-electron chi connectivity index (χ3n) is 6.91. The fraction of sp³-hybridized carbons (Fsp3) is 0.480. The van der Waals surface area contributed by atoms with Gasteiger partial charge in [-0.25, -0.2) is 0 Å². The lowest BCUT2D eigenvalue weighted by Gasteiger charge is -2.40. The molecule has 170 valence electrons. The van der Waals surface area contributed by atoms with Crippen molar-refractivity contribution in [3.8, 4) is 0 Å². The molecule has 2 fully saturated rings. The van der Waals surface area contributed by atoms with E-state index in [1.54, 1.807) is 42.3 Å². The third-order valence-corrected chi connectivity index (χ3v) is 6.91. The van der Waals surface area contributed by atoms with E-state index in [0.717, 1.165) is 18.4 Å². The standard InChI is InChI=1S/C25H31N3O4/c1-26-23(30)19-17-25(14-6-7-15-27(2)24(25)31)28(22(19)20-11-8-16-32-20)21(29)13-12-18-9-4-3-5-10-18/h3-5,8-11,16,19,22H,6-7,12-15,17H2,1-2H3,(H,26,30)/t19-,22+,25-/m0/s1. The number of rotatable bonds is 5. The molecule has 32 heavy (non-hydrogen) atoms. The van der Waals surface area contributed by atoms with Crippen molar-refractivity contribution >= 4 is 17.7 Å². The SMILES string of the molecule is CNC(=O)[C@H]1C[C@]2(CCCCN(C)C2=O)N(C(=O)CCc2ccccc2)[C@H]1c1ccco1. The highest BCUT2D eigenvalue weighted by Gasteiger charge is 2.61. The van der Waals surface area contributed by atoms with Crippen LogP contribution in [0.5, 0.6) is 0 Å². The van der Waals surface area contributed by atoms with Crippen LogP contribution in [0.2, 0.25) is 0 Å². The molecule has 1 N–H and O–H groups in total. The molecule has 2 saturated heterocycles. The second-order valence-corrected chi connectivity index (χ2v) is 8.85. The van der Waals surface area contributed by atoms with Crippen LogP contribution in [-0.2, 0) is 20.8 Å². The van der Waals surface area contributed by atoms with E-state index < -0.39 is 17.5 Å². The number of nitrogens with zero attached hydrogens (tertiary/aromatic N) is 2. The van der Waals surface area contributed by atoms with Gasteiger partial charge in [-0.15, -0.1) is 0 Å². The lowest BCUT2D eigenvalue weighted by molar-refractivity contribution is -0.153. The Kier molecular flexibility index (Phi) is 6.35. The summed E-state index contributed by atoms with van der Waals surface area (Å²) in [5.41, 5.74) is 0.0315. The van der Waals surface area contributed by atoms with Crippen molar-refractivity contribution in [3.63, 3.8) is 0 Å². The molecule has 1 aromatic heterocycles. The number of likely N-dealkylation sites (N-methyl/N-ethyl adjacent to an activating group) is 1. The summed E-state index contributed by atoms with van der Waals surface area (Å²) in [5.74, 6) is -0.384. The zero-order valence-corrected chi connectivity index (χ0v) is 18.8. The maximum Gasteiger partial charge on any atom is 0.248 e. The highest BCUT2D eigenvalue weighted by molar-refractivity contribution is 5.95. The van der Waals surface area contributed by atoms with Gasteiger partial charge in [-0.3, -0.25) is 14.4 Å². The van der Waals surface area contributed by atoms with Gasteiger partial charge in [0.2, 0.25) is 17.7 Å². The summed E-state index contributed by atoms with van der Waals surface area (Å²) in [7, 11) is 3.38. The van der Waals surface area contributed by atoms with Crippen molar-refractivity contribution in [2.24, 2.45) is 5.92 Å². The van der Waals surface area contributed by atoms with Crippen molar-refractivity contribution < 1.29 is 18.8 Å². The molecule has 0 radical (unpaired) electrons. The Morgan fingerprint density at radius 2 is 1.94 bits per heavy atom. The summed E-state index contributed by atoms with van der Waals surface area (Å²) < 4.78 is 5.71. The summed E-state index contributed by atoms with van der Waals surface area (Å²) in [6.45, 7) is 0.655. The van der Waals surface area contributed by atoms with Crippen LogP contribution in [0.3, 0.4) is 0 Å². The molecule has 1 aromatic carbocycles. The van der Waals surface area contributed by atoms with Crippen LogP contribution in [0.15, 0.2) is 53.1 Å². The molecule has 0 saturated carbocycles. The van der Waals surface area contributed by atoms with Crippen molar-refractivity contribution in [1.82, 2.24) is 15.1 Å². The molecule has 7 nitrogen and oxygen atoms in total. The zero-order chi connectivity index (χ0) is 22.7. The number of likely N-dealkylation sites (tertiary alicyclic amines) is 2. The molecule has 7 heteroatoms. The Balaban J connectivity index is 1.75. The molecule has 2 aliphatic heterocycles. The third kappa shape index (κ3) is 3.92. The van der Waals surface area contributed by atoms with Crippen molar-refractivity contribution in [3.05, 3.63) is 60.1 Å². The molecular formula is C25H31N3O4. The predicted molar refractivity (Wildman–Crippen MR) is 119 cm³/mol. The maximum atomic E-state index is 13.8. The van der Waals surface area contributed by atoms with Gasteiger partial charge in [0.25, 0.3) is 0 Å². The number of carbonyl (C=O) groups is 3. The van der Waals surface area contributed by atoms with Crippen molar-refractivity contribution in [2.45, 2.75) is 50.1 Å². The van der Waals surface area contributed by atoms with Crippen LogP contribution in [0, 0.1) is 5.92 Å². The quantitative estimate of drug-likeness (QED) is 0.780. The maximum absolute atomic E-state index is 13.8. The van der Waals surface area contributed by atoms with Crippen LogP contribution in [-0.4, -0.2) is 53.7 Å². The van der Waals surface area contributed by atoms with Gasteiger partial charge < -0.3 is 19.5 Å². The van der Waals surface area contributed by atoms with Gasteiger partial charge in [-0.2, -0.15) is 0 Å². The average Bonchev–Trinajstić information content (AvgIpc) is 3.43. The Hall–Kier alpha value is -3.09. The second kappa shape index (κ2) is 9.18. The minimum Gasteiger partial charge on any atom is -0.467 e. The molecule has 0 unspecified atom stereocenters. The summed E-state index contributed by atoms with van der Waals surface area (Å²) >= 11 is 0. The number of benzene rings is 1. The van der Waals surface area contributed by atoms with Crippen molar-refractivity contribution in [2.75, 3.05) is 20.6 Å². The first kappa shape index (κ1) is 22.1. The van der Waals surface area contributed by atoms with E-state index in [9.17, 15) is 14.4 Å². The first-order valence-corrected chi connectivity index (χ1v) is 11.3. The highest BCUT2D eigenvalue weighted by Crippen LogP contribution is 2.51. The van der Waals surface area contributed by atoms with Crippen molar-refractivity contribution in [1.29, 1.82) is 0 Å². The molecular weight excluding hydrogens is 406 g/mol. The number of hydrogen-bond acceptors (Lipinski definition) is 4. The van der Waals surface area contributed by atoms with Gasteiger partial charge in [-0.05, 0) is 49.8 Å². The second-order valence-electron chi connectivity index (χ2n) is 8.85. The van der Waals surface area contributed by atoms with Gasteiger partial charge in [0.15, 0.2) is 0 Å². The molecule has 3 atom stereocenters. The molecule has 4 rings (SSSR count). The largest absolute Gasteiger partial charge is 0.467 e. The van der Waals surface area contributed by atoms with E-state index in [-0.39, 0.29) is 24.1 Å². The summed E-state index contributed by atoms with van der Waals surface area (Å²) in [6.07, 6.45) is 4.95. The van der Waals surface area contributed by atoms with E-state index >= 15 is 0 Å². The average molecular weight is 438 g/mol. The fourth-order valence-corrected chi connectivity index (χ4v) is 5.38. The topological polar surface area (TPSA) is 82.9 Å². The normalized spacial score (nSPS) is 25.8.